The molecule has 0 atom stereocenters. The molecule has 2 aromatic rings. The van der Waals surface area contributed by atoms with E-state index in [1.807, 2.05) is 42.5 Å². The molecule has 102 valence electrons. The lowest BCUT2D eigenvalue weighted by Crippen LogP contribution is -1.88. The third-order valence-corrected chi connectivity index (χ3v) is 3.01. The van der Waals surface area contributed by atoms with Crippen LogP contribution < -0.4 is 9.47 Å². The van der Waals surface area contributed by atoms with Crippen LogP contribution in [0.4, 0.5) is 0 Å². The molecule has 0 aliphatic carbocycles. The molecule has 0 saturated carbocycles. The molecule has 0 N–H and O–H groups in total. The van der Waals surface area contributed by atoms with Gasteiger partial charge in [-0.05, 0) is 28.8 Å². The van der Waals surface area contributed by atoms with Gasteiger partial charge in [0.05, 0.1) is 14.2 Å². The molecule has 0 aliphatic rings. The van der Waals surface area contributed by atoms with Crippen LogP contribution in [0.25, 0.3) is 18.2 Å². The molecule has 0 radical (unpaired) electrons. The van der Waals surface area contributed by atoms with Gasteiger partial charge in [0.1, 0.15) is 11.5 Å². The van der Waals surface area contributed by atoms with Crippen LogP contribution in [0.3, 0.4) is 0 Å². The zero-order valence-electron chi connectivity index (χ0n) is 11.8. The molecule has 0 saturated heterocycles. The fourth-order valence-electron chi connectivity index (χ4n) is 1.86. The van der Waals surface area contributed by atoms with Gasteiger partial charge < -0.3 is 9.47 Å². The van der Waals surface area contributed by atoms with E-state index in [1.165, 1.54) is 0 Å². The second-order valence-electron chi connectivity index (χ2n) is 4.35. The normalized spacial score (nSPS) is 10.5. The van der Waals surface area contributed by atoms with Crippen molar-refractivity contribution in [3.63, 3.8) is 0 Å². The molecule has 20 heavy (non-hydrogen) atoms. The van der Waals surface area contributed by atoms with Crippen molar-refractivity contribution in [3.8, 4) is 11.5 Å². The second-order valence-corrected chi connectivity index (χ2v) is 4.35. The minimum atomic E-state index is 0.783. The van der Waals surface area contributed by atoms with Gasteiger partial charge >= 0.3 is 0 Å². The zero-order valence-corrected chi connectivity index (χ0v) is 11.8. The number of ether oxygens (including phenoxy) is 2. The maximum atomic E-state index is 5.25. The summed E-state index contributed by atoms with van der Waals surface area (Å²) in [5, 5.41) is 0. The molecule has 0 aromatic heterocycles. The van der Waals surface area contributed by atoms with Crippen molar-refractivity contribution in [2.45, 2.75) is 0 Å². The Morgan fingerprint density at radius 1 is 0.750 bits per heavy atom. The van der Waals surface area contributed by atoms with Gasteiger partial charge in [-0.25, -0.2) is 0 Å². The topological polar surface area (TPSA) is 18.5 Å². The molecular weight excluding hydrogens is 248 g/mol. The zero-order chi connectivity index (χ0) is 14.4. The summed E-state index contributed by atoms with van der Waals surface area (Å²) in [4.78, 5) is 0. The Hall–Kier alpha value is -2.48. The van der Waals surface area contributed by atoms with E-state index >= 15 is 0 Å². The maximum absolute atomic E-state index is 5.25. The molecule has 0 aliphatic heterocycles. The van der Waals surface area contributed by atoms with Gasteiger partial charge in [-0.15, -0.1) is 0 Å². The van der Waals surface area contributed by atoms with Crippen LogP contribution in [0.1, 0.15) is 16.7 Å². The summed E-state index contributed by atoms with van der Waals surface area (Å²) >= 11 is 0. The van der Waals surface area contributed by atoms with Crippen molar-refractivity contribution in [3.05, 3.63) is 65.7 Å². The molecule has 2 heteroatoms. The van der Waals surface area contributed by atoms with Crippen molar-refractivity contribution >= 4 is 18.2 Å². The summed E-state index contributed by atoms with van der Waals surface area (Å²) in [6, 6.07) is 14.0. The van der Waals surface area contributed by atoms with E-state index in [1.54, 1.807) is 14.2 Å². The Balaban J connectivity index is 2.23. The minimum absolute atomic E-state index is 0.783. The van der Waals surface area contributed by atoms with Crippen LogP contribution in [0, 0.1) is 0 Å². The Bertz CT molecular complexity index is 588. The standard InChI is InChI=1S/C18H18O2/c1-4-14-5-7-15(8-6-14)9-10-16-11-17(19-2)13-18(12-16)20-3/h4-13H,1H2,2-3H3. The van der Waals surface area contributed by atoms with E-state index in [0.717, 1.165) is 28.2 Å². The quantitative estimate of drug-likeness (QED) is 0.741. The lowest BCUT2D eigenvalue weighted by atomic mass is 10.1. The third kappa shape index (κ3) is 3.51. The Kier molecular flexibility index (Phi) is 4.61. The first-order valence-electron chi connectivity index (χ1n) is 6.39. The highest BCUT2D eigenvalue weighted by Crippen LogP contribution is 2.23. The monoisotopic (exact) mass is 266 g/mol. The van der Waals surface area contributed by atoms with E-state index in [-0.39, 0.29) is 0 Å². The first-order valence-corrected chi connectivity index (χ1v) is 6.39. The van der Waals surface area contributed by atoms with Crippen molar-refractivity contribution in [1.29, 1.82) is 0 Å². The first kappa shape index (κ1) is 13.9. The van der Waals surface area contributed by atoms with E-state index in [2.05, 4.69) is 24.8 Å². The average molecular weight is 266 g/mol. The van der Waals surface area contributed by atoms with Crippen LogP contribution in [0.2, 0.25) is 0 Å². The van der Waals surface area contributed by atoms with E-state index in [0.29, 0.717) is 0 Å². The van der Waals surface area contributed by atoms with Gasteiger partial charge in [-0.3, -0.25) is 0 Å². The van der Waals surface area contributed by atoms with E-state index < -0.39 is 0 Å². The molecule has 2 nitrogen and oxygen atoms in total. The third-order valence-electron chi connectivity index (χ3n) is 3.01. The summed E-state index contributed by atoms with van der Waals surface area (Å²) in [6.45, 7) is 3.75. The predicted molar refractivity (Wildman–Crippen MR) is 85.0 cm³/mol. The molecule has 0 heterocycles. The highest BCUT2D eigenvalue weighted by Gasteiger charge is 1.99. The lowest BCUT2D eigenvalue weighted by molar-refractivity contribution is 0.394. The fraction of sp³-hybridized carbons (Fsp3) is 0.111. The number of benzene rings is 2. The number of hydrogen-bond acceptors (Lipinski definition) is 2. The van der Waals surface area contributed by atoms with E-state index in [9.17, 15) is 0 Å². The van der Waals surface area contributed by atoms with Crippen molar-refractivity contribution < 1.29 is 9.47 Å². The molecule has 0 amide bonds. The molecule has 0 bridgehead atoms. The van der Waals surface area contributed by atoms with Gasteiger partial charge in [0.15, 0.2) is 0 Å². The van der Waals surface area contributed by atoms with Gasteiger partial charge in [-0.2, -0.15) is 0 Å². The first-order chi connectivity index (χ1) is 9.75. The van der Waals surface area contributed by atoms with Gasteiger partial charge in [0.2, 0.25) is 0 Å². The Morgan fingerprint density at radius 2 is 1.25 bits per heavy atom. The molecule has 2 rings (SSSR count). The van der Waals surface area contributed by atoms with Crippen molar-refractivity contribution in [2.24, 2.45) is 0 Å². The summed E-state index contributed by atoms with van der Waals surface area (Å²) < 4.78 is 10.5. The smallest absolute Gasteiger partial charge is 0.123 e. The number of methoxy groups -OCH3 is 2. The van der Waals surface area contributed by atoms with Crippen LogP contribution in [0.15, 0.2) is 49.0 Å². The summed E-state index contributed by atoms with van der Waals surface area (Å²) in [6.07, 6.45) is 5.93. The molecule has 0 spiro atoms. The number of hydrogen-bond donors (Lipinski definition) is 0. The largest absolute Gasteiger partial charge is 0.497 e. The lowest BCUT2D eigenvalue weighted by Gasteiger charge is -2.05. The van der Waals surface area contributed by atoms with Crippen molar-refractivity contribution in [2.75, 3.05) is 14.2 Å². The van der Waals surface area contributed by atoms with Gasteiger partial charge in [0, 0.05) is 6.07 Å². The highest BCUT2D eigenvalue weighted by molar-refractivity contribution is 5.71. The fourth-order valence-corrected chi connectivity index (χ4v) is 1.86. The van der Waals surface area contributed by atoms with Crippen LogP contribution in [-0.2, 0) is 0 Å². The summed E-state index contributed by atoms with van der Waals surface area (Å²) in [5.41, 5.74) is 3.29. The minimum Gasteiger partial charge on any atom is -0.497 e. The molecule has 0 fully saturated rings. The molecule has 0 unspecified atom stereocenters. The SMILES string of the molecule is C=Cc1ccc(C=Cc2cc(OC)cc(OC)c2)cc1. The average Bonchev–Trinajstić information content (AvgIpc) is 2.53. The molecule has 2 aromatic carbocycles. The molecular formula is C18H18O2. The van der Waals surface area contributed by atoms with Crippen molar-refractivity contribution in [1.82, 2.24) is 0 Å². The maximum Gasteiger partial charge on any atom is 0.123 e. The van der Waals surface area contributed by atoms with E-state index in [4.69, 9.17) is 9.47 Å². The Morgan fingerprint density at radius 3 is 1.75 bits per heavy atom. The van der Waals surface area contributed by atoms with Gasteiger partial charge in [-0.1, -0.05) is 49.1 Å². The summed E-state index contributed by atoms with van der Waals surface area (Å²) in [7, 11) is 3.30. The summed E-state index contributed by atoms with van der Waals surface area (Å²) in [5.74, 6) is 1.57. The number of rotatable bonds is 5. The van der Waals surface area contributed by atoms with Crippen LogP contribution >= 0.6 is 0 Å². The van der Waals surface area contributed by atoms with Crippen LogP contribution in [-0.4, -0.2) is 14.2 Å². The Labute approximate surface area is 120 Å². The highest BCUT2D eigenvalue weighted by atomic mass is 16.5. The second kappa shape index (κ2) is 6.62. The van der Waals surface area contributed by atoms with Crippen LogP contribution in [0.5, 0.6) is 11.5 Å². The predicted octanol–water partition coefficient (Wildman–Crippen LogP) is 4.52. The van der Waals surface area contributed by atoms with Gasteiger partial charge in [0.25, 0.3) is 0 Å².